The summed E-state index contributed by atoms with van der Waals surface area (Å²) >= 11 is 0. The van der Waals surface area contributed by atoms with Crippen LogP contribution in [0, 0.1) is 0 Å². The Morgan fingerprint density at radius 3 is 2.38 bits per heavy atom. The van der Waals surface area contributed by atoms with Crippen molar-refractivity contribution in [2.45, 2.75) is 31.4 Å². The molecule has 0 unspecified atom stereocenters. The van der Waals surface area contributed by atoms with Gasteiger partial charge in [0.25, 0.3) is 5.91 Å². The van der Waals surface area contributed by atoms with Crippen molar-refractivity contribution in [1.29, 1.82) is 0 Å². The number of sulfonamides is 1. The lowest BCUT2D eigenvalue weighted by Crippen LogP contribution is -2.33. The fourth-order valence-corrected chi connectivity index (χ4v) is 3.69. The zero-order chi connectivity index (χ0) is 19.3. The van der Waals surface area contributed by atoms with Crippen molar-refractivity contribution < 1.29 is 17.9 Å². The SMILES string of the molecule is COCc1cccc(C(=O)Nc2ccc(S(=O)(=O)N(C)C(C)C)cc2)c1. The van der Waals surface area contributed by atoms with Gasteiger partial charge in [0.15, 0.2) is 0 Å². The summed E-state index contributed by atoms with van der Waals surface area (Å²) in [4.78, 5) is 12.6. The number of nitrogens with zero attached hydrogens (tertiary/aromatic N) is 1. The summed E-state index contributed by atoms with van der Waals surface area (Å²) in [5.74, 6) is -0.266. The monoisotopic (exact) mass is 376 g/mol. The van der Waals surface area contributed by atoms with E-state index in [1.54, 1.807) is 44.5 Å². The first kappa shape index (κ1) is 20.1. The summed E-state index contributed by atoms with van der Waals surface area (Å²) < 4.78 is 31.3. The molecule has 0 aliphatic carbocycles. The molecule has 0 spiro atoms. The number of rotatable bonds is 7. The minimum absolute atomic E-state index is 0.140. The van der Waals surface area contributed by atoms with E-state index in [0.29, 0.717) is 17.9 Å². The van der Waals surface area contributed by atoms with E-state index in [1.165, 1.54) is 16.4 Å². The molecule has 0 saturated heterocycles. The lowest BCUT2D eigenvalue weighted by Gasteiger charge is -2.21. The summed E-state index contributed by atoms with van der Waals surface area (Å²) in [7, 11) is -0.400. The number of amides is 1. The Kier molecular flexibility index (Phi) is 6.52. The number of anilines is 1. The summed E-state index contributed by atoms with van der Waals surface area (Å²) in [6.45, 7) is 4.05. The minimum atomic E-state index is -3.54. The molecule has 0 aliphatic heterocycles. The molecular formula is C19H24N2O4S. The highest BCUT2D eigenvalue weighted by Crippen LogP contribution is 2.19. The standard InChI is InChI=1S/C19H24N2O4S/c1-14(2)21(3)26(23,24)18-10-8-17(9-11-18)20-19(22)16-7-5-6-15(12-16)13-25-4/h5-12,14H,13H2,1-4H3,(H,20,22). The number of methoxy groups -OCH3 is 1. The van der Waals surface area contributed by atoms with Crippen molar-refractivity contribution in [3.63, 3.8) is 0 Å². The van der Waals surface area contributed by atoms with Crippen LogP contribution in [-0.2, 0) is 21.4 Å². The fourth-order valence-electron chi connectivity index (χ4n) is 2.33. The van der Waals surface area contributed by atoms with Gasteiger partial charge in [0.2, 0.25) is 10.0 Å². The van der Waals surface area contributed by atoms with Crippen LogP contribution in [0.3, 0.4) is 0 Å². The highest BCUT2D eigenvalue weighted by atomic mass is 32.2. The van der Waals surface area contributed by atoms with E-state index in [9.17, 15) is 13.2 Å². The second kappa shape index (κ2) is 8.44. The zero-order valence-corrected chi connectivity index (χ0v) is 16.2. The maximum Gasteiger partial charge on any atom is 0.255 e. The van der Waals surface area contributed by atoms with Crippen LogP contribution in [0.15, 0.2) is 53.4 Å². The third kappa shape index (κ3) is 4.69. The van der Waals surface area contributed by atoms with E-state index in [4.69, 9.17) is 4.74 Å². The smallest absolute Gasteiger partial charge is 0.255 e. The number of carbonyl (C=O) groups is 1. The molecule has 0 atom stereocenters. The molecule has 1 N–H and O–H groups in total. The van der Waals surface area contributed by atoms with Crippen LogP contribution in [0.25, 0.3) is 0 Å². The van der Waals surface area contributed by atoms with Gasteiger partial charge in [0.05, 0.1) is 11.5 Å². The van der Waals surface area contributed by atoms with E-state index in [1.807, 2.05) is 19.9 Å². The van der Waals surface area contributed by atoms with Gasteiger partial charge in [-0.15, -0.1) is 0 Å². The number of carbonyl (C=O) groups excluding carboxylic acids is 1. The molecule has 1 amide bonds. The number of hydrogen-bond donors (Lipinski definition) is 1. The van der Waals surface area contributed by atoms with Crippen LogP contribution in [0.5, 0.6) is 0 Å². The molecular weight excluding hydrogens is 352 g/mol. The number of nitrogens with one attached hydrogen (secondary N) is 1. The van der Waals surface area contributed by atoms with Gasteiger partial charge in [-0.2, -0.15) is 4.31 Å². The molecule has 0 bridgehead atoms. The molecule has 2 rings (SSSR count). The first-order valence-electron chi connectivity index (χ1n) is 8.23. The quantitative estimate of drug-likeness (QED) is 0.806. The molecule has 7 heteroatoms. The summed E-state index contributed by atoms with van der Waals surface area (Å²) in [6, 6.07) is 13.1. The Labute approximate surface area is 154 Å². The molecule has 2 aromatic rings. The first-order valence-corrected chi connectivity index (χ1v) is 9.67. The maximum absolute atomic E-state index is 12.5. The van der Waals surface area contributed by atoms with E-state index < -0.39 is 10.0 Å². The second-order valence-electron chi connectivity index (χ2n) is 6.23. The third-order valence-corrected chi connectivity index (χ3v) is 6.06. The van der Waals surface area contributed by atoms with Crippen LogP contribution < -0.4 is 5.32 Å². The van der Waals surface area contributed by atoms with Gasteiger partial charge in [-0.1, -0.05) is 12.1 Å². The van der Waals surface area contributed by atoms with Crippen molar-refractivity contribution in [1.82, 2.24) is 4.31 Å². The van der Waals surface area contributed by atoms with Crippen LogP contribution in [-0.4, -0.2) is 38.8 Å². The Morgan fingerprint density at radius 1 is 1.15 bits per heavy atom. The third-order valence-electron chi connectivity index (χ3n) is 4.02. The average Bonchev–Trinajstić information content (AvgIpc) is 2.62. The number of hydrogen-bond acceptors (Lipinski definition) is 4. The van der Waals surface area contributed by atoms with Crippen molar-refractivity contribution in [3.8, 4) is 0 Å². The van der Waals surface area contributed by atoms with Crippen LogP contribution in [0.4, 0.5) is 5.69 Å². The van der Waals surface area contributed by atoms with E-state index >= 15 is 0 Å². The Balaban J connectivity index is 2.14. The van der Waals surface area contributed by atoms with Gasteiger partial charge in [0.1, 0.15) is 0 Å². The van der Waals surface area contributed by atoms with Gasteiger partial charge in [-0.05, 0) is 55.8 Å². The zero-order valence-electron chi connectivity index (χ0n) is 15.4. The number of benzene rings is 2. The van der Waals surface area contributed by atoms with Gasteiger partial charge < -0.3 is 10.1 Å². The lowest BCUT2D eigenvalue weighted by molar-refractivity contribution is 0.102. The Bertz CT molecular complexity index is 861. The maximum atomic E-state index is 12.5. The lowest BCUT2D eigenvalue weighted by atomic mass is 10.1. The first-order chi connectivity index (χ1) is 12.3. The summed E-state index contributed by atoms with van der Waals surface area (Å²) in [5.41, 5.74) is 1.94. The summed E-state index contributed by atoms with van der Waals surface area (Å²) in [6.07, 6.45) is 0. The molecule has 0 heterocycles. The normalized spacial score (nSPS) is 11.8. The van der Waals surface area contributed by atoms with Gasteiger partial charge in [-0.25, -0.2) is 8.42 Å². The van der Waals surface area contributed by atoms with E-state index in [-0.39, 0.29) is 16.8 Å². The topological polar surface area (TPSA) is 75.7 Å². The summed E-state index contributed by atoms with van der Waals surface area (Å²) in [5, 5.41) is 2.77. The molecule has 2 aromatic carbocycles. The fraction of sp³-hybridized carbons (Fsp3) is 0.316. The predicted molar refractivity (Wildman–Crippen MR) is 102 cm³/mol. The van der Waals surface area contributed by atoms with Crippen molar-refractivity contribution in [2.75, 3.05) is 19.5 Å². The molecule has 0 aromatic heterocycles. The molecule has 6 nitrogen and oxygen atoms in total. The van der Waals surface area contributed by atoms with Crippen molar-refractivity contribution in [2.24, 2.45) is 0 Å². The highest BCUT2D eigenvalue weighted by molar-refractivity contribution is 7.89. The van der Waals surface area contributed by atoms with Gasteiger partial charge in [-0.3, -0.25) is 4.79 Å². The van der Waals surface area contributed by atoms with Gasteiger partial charge >= 0.3 is 0 Å². The largest absolute Gasteiger partial charge is 0.380 e. The number of ether oxygens (including phenoxy) is 1. The molecule has 0 aliphatic rings. The molecule has 26 heavy (non-hydrogen) atoms. The molecule has 0 radical (unpaired) electrons. The average molecular weight is 376 g/mol. The molecule has 0 fully saturated rings. The van der Waals surface area contributed by atoms with Crippen LogP contribution in [0.2, 0.25) is 0 Å². The predicted octanol–water partition coefficient (Wildman–Crippen LogP) is 3.11. The Morgan fingerprint density at radius 2 is 1.81 bits per heavy atom. The highest BCUT2D eigenvalue weighted by Gasteiger charge is 2.22. The van der Waals surface area contributed by atoms with Crippen LogP contribution >= 0.6 is 0 Å². The van der Waals surface area contributed by atoms with Crippen molar-refractivity contribution in [3.05, 3.63) is 59.7 Å². The Hall–Kier alpha value is -2.22. The van der Waals surface area contributed by atoms with Gasteiger partial charge in [0, 0.05) is 31.5 Å². The molecule has 0 saturated carbocycles. The van der Waals surface area contributed by atoms with E-state index in [0.717, 1.165) is 5.56 Å². The minimum Gasteiger partial charge on any atom is -0.380 e. The van der Waals surface area contributed by atoms with Crippen molar-refractivity contribution >= 4 is 21.6 Å². The van der Waals surface area contributed by atoms with Crippen LogP contribution in [0.1, 0.15) is 29.8 Å². The molecule has 140 valence electrons. The second-order valence-corrected chi connectivity index (χ2v) is 8.22. The van der Waals surface area contributed by atoms with E-state index in [2.05, 4.69) is 5.32 Å².